The van der Waals surface area contributed by atoms with Gasteiger partial charge in [-0.05, 0) is 69.0 Å². The predicted octanol–water partition coefficient (Wildman–Crippen LogP) is 5.07. The summed E-state index contributed by atoms with van der Waals surface area (Å²) in [5.41, 5.74) is 1.22. The molecular formula is C26H30F2N2O3. The van der Waals surface area contributed by atoms with Crippen LogP contribution in [0.3, 0.4) is 0 Å². The Morgan fingerprint density at radius 3 is 1.97 bits per heavy atom. The molecule has 3 atom stereocenters. The minimum atomic E-state index is -0.681. The van der Waals surface area contributed by atoms with Gasteiger partial charge in [-0.1, -0.05) is 24.3 Å². The highest BCUT2D eigenvalue weighted by molar-refractivity contribution is 5.87. The smallest absolute Gasteiger partial charge is 0.410 e. The minimum Gasteiger partial charge on any atom is -0.444 e. The van der Waals surface area contributed by atoms with Crippen LogP contribution in [0.1, 0.15) is 56.6 Å². The maximum absolute atomic E-state index is 13.5. The molecular weight excluding hydrogens is 426 g/mol. The Bertz CT molecular complexity index is 1000. The average Bonchev–Trinajstić information content (AvgIpc) is 3.41. The molecule has 2 aliphatic rings. The van der Waals surface area contributed by atoms with Crippen molar-refractivity contribution in [1.82, 2.24) is 9.80 Å². The number of halogens is 2. The van der Waals surface area contributed by atoms with Crippen molar-refractivity contribution < 1.29 is 23.1 Å². The number of rotatable bonds is 3. The van der Waals surface area contributed by atoms with Gasteiger partial charge in [-0.25, -0.2) is 13.6 Å². The molecule has 33 heavy (non-hydrogen) atoms. The molecule has 2 unspecified atom stereocenters. The summed E-state index contributed by atoms with van der Waals surface area (Å²) in [6, 6.07) is 12.0. The molecule has 176 valence electrons. The Morgan fingerprint density at radius 1 is 0.879 bits per heavy atom. The molecule has 0 radical (unpaired) electrons. The molecule has 0 aliphatic carbocycles. The van der Waals surface area contributed by atoms with Gasteiger partial charge in [0.25, 0.3) is 0 Å². The highest BCUT2D eigenvalue weighted by atomic mass is 19.1. The van der Waals surface area contributed by atoms with Gasteiger partial charge in [0, 0.05) is 31.5 Å². The molecule has 0 saturated carbocycles. The van der Waals surface area contributed by atoms with Gasteiger partial charge in [0.1, 0.15) is 23.3 Å². The van der Waals surface area contributed by atoms with Crippen LogP contribution < -0.4 is 0 Å². The van der Waals surface area contributed by atoms with Crippen LogP contribution in [0.4, 0.5) is 13.6 Å². The molecule has 2 aromatic rings. The predicted molar refractivity (Wildman–Crippen MR) is 121 cm³/mol. The fraction of sp³-hybridized carbons (Fsp3) is 0.462. The SMILES string of the molecule is CC(C)(C)OC(=O)N1CC(c2ccc(F)cc2)CC1C(=O)N1CC[C@H](c2ccc(F)cc2)C1. The Hall–Kier alpha value is -2.96. The lowest BCUT2D eigenvalue weighted by atomic mass is 9.96. The van der Waals surface area contributed by atoms with Gasteiger partial charge in [0.05, 0.1) is 0 Å². The van der Waals surface area contributed by atoms with E-state index in [0.29, 0.717) is 26.1 Å². The maximum atomic E-state index is 13.5. The summed E-state index contributed by atoms with van der Waals surface area (Å²) in [7, 11) is 0. The highest BCUT2D eigenvalue weighted by Gasteiger charge is 2.44. The number of hydrogen-bond donors (Lipinski definition) is 0. The number of carbonyl (C=O) groups is 2. The summed E-state index contributed by atoms with van der Waals surface area (Å²) >= 11 is 0. The van der Waals surface area contributed by atoms with Gasteiger partial charge in [-0.2, -0.15) is 0 Å². The lowest BCUT2D eigenvalue weighted by Crippen LogP contribution is -2.48. The number of hydrogen-bond acceptors (Lipinski definition) is 3. The zero-order valence-corrected chi connectivity index (χ0v) is 19.3. The second-order valence-electron chi connectivity index (χ2n) is 9.95. The van der Waals surface area contributed by atoms with Crippen LogP contribution in [-0.2, 0) is 9.53 Å². The Kier molecular flexibility index (Phi) is 6.41. The molecule has 2 aromatic carbocycles. The Balaban J connectivity index is 1.52. The van der Waals surface area contributed by atoms with Gasteiger partial charge in [-0.15, -0.1) is 0 Å². The van der Waals surface area contributed by atoms with Gasteiger partial charge in [0.15, 0.2) is 0 Å². The first kappa shape index (κ1) is 23.2. The van der Waals surface area contributed by atoms with E-state index < -0.39 is 17.7 Å². The van der Waals surface area contributed by atoms with E-state index in [1.54, 1.807) is 49.9 Å². The number of carbonyl (C=O) groups excluding carboxylic acids is 2. The second-order valence-corrected chi connectivity index (χ2v) is 9.95. The summed E-state index contributed by atoms with van der Waals surface area (Å²) in [5, 5.41) is 0. The molecule has 5 nitrogen and oxygen atoms in total. The third-order valence-electron chi connectivity index (χ3n) is 6.40. The first-order valence-corrected chi connectivity index (χ1v) is 11.4. The molecule has 0 spiro atoms. The van der Waals surface area contributed by atoms with Gasteiger partial charge in [-0.3, -0.25) is 9.69 Å². The number of nitrogens with zero attached hydrogens (tertiary/aromatic N) is 2. The lowest BCUT2D eigenvalue weighted by Gasteiger charge is -2.30. The largest absolute Gasteiger partial charge is 0.444 e. The van der Waals surface area contributed by atoms with Crippen LogP contribution in [0.25, 0.3) is 0 Å². The average molecular weight is 457 g/mol. The summed E-state index contributed by atoms with van der Waals surface area (Å²) < 4.78 is 32.3. The van der Waals surface area contributed by atoms with Crippen LogP contribution in [0, 0.1) is 11.6 Å². The standard InChI is InChI=1S/C26H30F2N2O3/c1-26(2,3)33-25(32)30-16-20(18-6-10-22(28)11-7-18)14-23(30)24(31)29-13-12-19(15-29)17-4-8-21(27)9-5-17/h4-11,19-20,23H,12-16H2,1-3H3/t19-,20?,23?/m0/s1. The van der Waals surface area contributed by atoms with E-state index in [1.807, 2.05) is 0 Å². The zero-order chi connectivity index (χ0) is 23.8. The van der Waals surface area contributed by atoms with Crippen molar-refractivity contribution in [1.29, 1.82) is 0 Å². The van der Waals surface area contributed by atoms with Crippen molar-refractivity contribution >= 4 is 12.0 Å². The summed E-state index contributed by atoms with van der Waals surface area (Å²) in [4.78, 5) is 29.8. The van der Waals surface area contributed by atoms with E-state index in [0.717, 1.165) is 17.5 Å². The number of likely N-dealkylation sites (tertiary alicyclic amines) is 2. The lowest BCUT2D eigenvalue weighted by molar-refractivity contribution is -0.134. The molecule has 0 bridgehead atoms. The third kappa shape index (κ3) is 5.34. The van der Waals surface area contributed by atoms with Gasteiger partial charge < -0.3 is 9.64 Å². The van der Waals surface area contributed by atoms with E-state index in [9.17, 15) is 18.4 Å². The molecule has 7 heteroatoms. The van der Waals surface area contributed by atoms with E-state index in [2.05, 4.69) is 0 Å². The third-order valence-corrected chi connectivity index (χ3v) is 6.40. The molecule has 4 rings (SSSR count). The fourth-order valence-corrected chi connectivity index (χ4v) is 4.75. The van der Waals surface area contributed by atoms with E-state index >= 15 is 0 Å². The summed E-state index contributed by atoms with van der Waals surface area (Å²) in [6.45, 7) is 6.84. The Labute approximate surface area is 193 Å². The maximum Gasteiger partial charge on any atom is 0.410 e. The summed E-state index contributed by atoms with van der Waals surface area (Å²) in [5.74, 6) is -0.649. The van der Waals surface area contributed by atoms with Crippen molar-refractivity contribution in [2.24, 2.45) is 0 Å². The van der Waals surface area contributed by atoms with Crippen molar-refractivity contribution in [2.45, 2.75) is 57.1 Å². The zero-order valence-electron chi connectivity index (χ0n) is 19.3. The van der Waals surface area contributed by atoms with E-state index in [-0.39, 0.29) is 29.4 Å². The van der Waals surface area contributed by atoms with Crippen LogP contribution in [-0.4, -0.2) is 53.1 Å². The summed E-state index contributed by atoms with van der Waals surface area (Å²) in [6.07, 6.45) is 0.735. The van der Waals surface area contributed by atoms with Crippen molar-refractivity contribution in [2.75, 3.05) is 19.6 Å². The number of amides is 2. The quantitative estimate of drug-likeness (QED) is 0.648. The Morgan fingerprint density at radius 2 is 1.42 bits per heavy atom. The van der Waals surface area contributed by atoms with Crippen molar-refractivity contribution in [3.05, 3.63) is 71.3 Å². The number of ether oxygens (including phenoxy) is 1. The monoisotopic (exact) mass is 456 g/mol. The molecule has 2 heterocycles. The fourth-order valence-electron chi connectivity index (χ4n) is 4.75. The first-order chi connectivity index (χ1) is 15.6. The highest BCUT2D eigenvalue weighted by Crippen LogP contribution is 2.36. The van der Waals surface area contributed by atoms with Crippen molar-refractivity contribution in [3.63, 3.8) is 0 Å². The first-order valence-electron chi connectivity index (χ1n) is 11.4. The van der Waals surface area contributed by atoms with Crippen LogP contribution in [0.15, 0.2) is 48.5 Å². The van der Waals surface area contributed by atoms with Gasteiger partial charge in [0.2, 0.25) is 5.91 Å². The van der Waals surface area contributed by atoms with Crippen LogP contribution >= 0.6 is 0 Å². The molecule has 0 N–H and O–H groups in total. The normalized spacial score (nSPS) is 23.1. The molecule has 2 aliphatic heterocycles. The molecule has 2 fully saturated rings. The van der Waals surface area contributed by atoms with Crippen LogP contribution in [0.2, 0.25) is 0 Å². The minimum absolute atomic E-state index is 0.0810. The van der Waals surface area contributed by atoms with E-state index in [1.165, 1.54) is 29.2 Å². The van der Waals surface area contributed by atoms with E-state index in [4.69, 9.17) is 4.74 Å². The van der Waals surface area contributed by atoms with Crippen molar-refractivity contribution in [3.8, 4) is 0 Å². The van der Waals surface area contributed by atoms with Gasteiger partial charge >= 0.3 is 6.09 Å². The topological polar surface area (TPSA) is 49.9 Å². The molecule has 2 amide bonds. The van der Waals surface area contributed by atoms with Crippen LogP contribution in [0.5, 0.6) is 0 Å². The molecule has 0 aromatic heterocycles. The number of benzene rings is 2. The molecule has 2 saturated heterocycles. The second kappa shape index (κ2) is 9.12.